The Labute approximate surface area is 105 Å². The monoisotopic (exact) mass is 252 g/mol. The number of benzene rings is 1. The van der Waals surface area contributed by atoms with Crippen molar-refractivity contribution in [2.45, 2.75) is 26.3 Å². The number of nitrogen functional groups attached to an aromatic ring is 1. The Bertz CT molecular complexity index is 490. The van der Waals surface area contributed by atoms with Gasteiger partial charge in [-0.25, -0.2) is 9.18 Å². The van der Waals surface area contributed by atoms with Crippen molar-refractivity contribution in [2.75, 3.05) is 17.2 Å². The molecule has 0 saturated carbocycles. The normalized spacial score (nSPS) is 23.4. The number of aromatic carboxylic acids is 1. The van der Waals surface area contributed by atoms with Gasteiger partial charge in [0.1, 0.15) is 5.82 Å². The Balaban J connectivity index is 2.41. The summed E-state index contributed by atoms with van der Waals surface area (Å²) >= 11 is 0. The van der Waals surface area contributed by atoms with Gasteiger partial charge < -0.3 is 15.7 Å². The van der Waals surface area contributed by atoms with E-state index in [2.05, 4.69) is 13.8 Å². The Morgan fingerprint density at radius 2 is 2.17 bits per heavy atom. The summed E-state index contributed by atoms with van der Waals surface area (Å²) in [5, 5.41) is 8.83. The lowest BCUT2D eigenvalue weighted by Crippen LogP contribution is -2.27. The number of carboxylic acids is 1. The fraction of sp³-hybridized carbons (Fsp3) is 0.462. The lowest BCUT2D eigenvalue weighted by Gasteiger charge is -2.25. The van der Waals surface area contributed by atoms with Gasteiger partial charge in [-0.15, -0.1) is 0 Å². The molecule has 1 aliphatic heterocycles. The number of halogens is 1. The SMILES string of the molecule is CC1CC(C)N(c2cc(F)c(C(=O)O)cc2N)C1. The van der Waals surface area contributed by atoms with Gasteiger partial charge in [-0.3, -0.25) is 0 Å². The van der Waals surface area contributed by atoms with E-state index in [-0.39, 0.29) is 11.6 Å². The van der Waals surface area contributed by atoms with Gasteiger partial charge in [-0.2, -0.15) is 0 Å². The maximum absolute atomic E-state index is 13.7. The summed E-state index contributed by atoms with van der Waals surface area (Å²) in [7, 11) is 0. The van der Waals surface area contributed by atoms with Crippen LogP contribution in [-0.4, -0.2) is 23.7 Å². The Kier molecular flexibility index (Phi) is 3.15. The van der Waals surface area contributed by atoms with Crippen LogP contribution in [0.25, 0.3) is 0 Å². The second-order valence-corrected chi connectivity index (χ2v) is 5.04. The summed E-state index contributed by atoms with van der Waals surface area (Å²) in [5.74, 6) is -1.51. The van der Waals surface area contributed by atoms with Gasteiger partial charge in [-0.1, -0.05) is 6.92 Å². The molecule has 3 N–H and O–H groups in total. The van der Waals surface area contributed by atoms with Gasteiger partial charge in [0.25, 0.3) is 0 Å². The molecule has 1 aromatic carbocycles. The summed E-state index contributed by atoms with van der Waals surface area (Å²) in [6.45, 7) is 5.01. The van der Waals surface area contributed by atoms with Crippen LogP contribution in [-0.2, 0) is 0 Å². The number of carboxylic acid groups (broad SMARTS) is 1. The van der Waals surface area contributed by atoms with E-state index in [0.29, 0.717) is 17.3 Å². The van der Waals surface area contributed by atoms with Gasteiger partial charge >= 0.3 is 5.97 Å². The zero-order chi connectivity index (χ0) is 13.4. The van der Waals surface area contributed by atoms with Crippen LogP contribution in [0.15, 0.2) is 12.1 Å². The molecule has 0 radical (unpaired) electrons. The van der Waals surface area contributed by atoms with Crippen LogP contribution in [0.4, 0.5) is 15.8 Å². The van der Waals surface area contributed by atoms with Crippen molar-refractivity contribution < 1.29 is 14.3 Å². The maximum Gasteiger partial charge on any atom is 0.338 e. The largest absolute Gasteiger partial charge is 0.478 e. The van der Waals surface area contributed by atoms with Gasteiger partial charge in [0.05, 0.1) is 16.9 Å². The van der Waals surface area contributed by atoms with E-state index in [9.17, 15) is 9.18 Å². The van der Waals surface area contributed by atoms with E-state index in [0.717, 1.165) is 13.0 Å². The minimum Gasteiger partial charge on any atom is -0.478 e. The zero-order valence-corrected chi connectivity index (χ0v) is 10.5. The Morgan fingerprint density at radius 1 is 1.50 bits per heavy atom. The summed E-state index contributed by atoms with van der Waals surface area (Å²) in [4.78, 5) is 12.9. The third-order valence-corrected chi connectivity index (χ3v) is 3.44. The lowest BCUT2D eigenvalue weighted by atomic mass is 10.1. The molecule has 1 saturated heterocycles. The summed E-state index contributed by atoms with van der Waals surface area (Å²) < 4.78 is 13.7. The predicted octanol–water partition coefficient (Wildman–Crippen LogP) is 2.34. The molecule has 2 rings (SSSR count). The van der Waals surface area contributed by atoms with Gasteiger partial charge in [0.2, 0.25) is 0 Å². The van der Waals surface area contributed by atoms with Crippen molar-refractivity contribution in [3.8, 4) is 0 Å². The van der Waals surface area contributed by atoms with Crippen molar-refractivity contribution >= 4 is 17.3 Å². The molecule has 1 aromatic rings. The number of nitrogens with two attached hydrogens (primary N) is 1. The summed E-state index contributed by atoms with van der Waals surface area (Å²) in [5.41, 5.74) is 6.37. The highest BCUT2D eigenvalue weighted by atomic mass is 19.1. The molecule has 98 valence electrons. The number of hydrogen-bond donors (Lipinski definition) is 2. The second-order valence-electron chi connectivity index (χ2n) is 5.04. The second kappa shape index (κ2) is 4.48. The topological polar surface area (TPSA) is 66.6 Å². The van der Waals surface area contributed by atoms with Gasteiger partial charge in [0.15, 0.2) is 0 Å². The van der Waals surface area contributed by atoms with Crippen molar-refractivity contribution in [1.82, 2.24) is 0 Å². The highest BCUT2D eigenvalue weighted by molar-refractivity contribution is 5.91. The standard InChI is InChI=1S/C13H17FN2O2/c1-7-3-8(2)16(6-7)12-5-10(14)9(13(17)18)4-11(12)15/h4-5,7-8H,3,6,15H2,1-2H3,(H,17,18). The van der Waals surface area contributed by atoms with Crippen LogP contribution in [0.3, 0.4) is 0 Å². The molecule has 2 atom stereocenters. The average Bonchev–Trinajstić information content (AvgIpc) is 2.60. The molecule has 4 nitrogen and oxygen atoms in total. The van der Waals surface area contributed by atoms with E-state index >= 15 is 0 Å². The Morgan fingerprint density at radius 3 is 2.67 bits per heavy atom. The summed E-state index contributed by atoms with van der Waals surface area (Å²) in [6, 6.07) is 2.72. The average molecular weight is 252 g/mol. The van der Waals surface area contributed by atoms with Gasteiger partial charge in [-0.05, 0) is 25.3 Å². The maximum atomic E-state index is 13.7. The van der Waals surface area contributed by atoms with Gasteiger partial charge in [0, 0.05) is 18.7 Å². The molecule has 0 bridgehead atoms. The molecule has 18 heavy (non-hydrogen) atoms. The highest BCUT2D eigenvalue weighted by Gasteiger charge is 2.28. The first-order valence-corrected chi connectivity index (χ1v) is 5.99. The first-order chi connectivity index (χ1) is 8.40. The minimum absolute atomic E-state index is 0.289. The smallest absolute Gasteiger partial charge is 0.338 e. The van der Waals surface area contributed by atoms with E-state index < -0.39 is 11.8 Å². The molecule has 1 heterocycles. The van der Waals surface area contributed by atoms with E-state index in [4.69, 9.17) is 10.8 Å². The fourth-order valence-electron chi connectivity index (χ4n) is 2.63. The van der Waals surface area contributed by atoms with Crippen molar-refractivity contribution in [1.29, 1.82) is 0 Å². The molecule has 0 aliphatic carbocycles. The molecule has 0 spiro atoms. The van der Waals surface area contributed by atoms with E-state index in [1.165, 1.54) is 12.1 Å². The number of nitrogens with zero attached hydrogens (tertiary/aromatic N) is 1. The molecule has 0 amide bonds. The molecule has 1 aliphatic rings. The van der Waals surface area contributed by atoms with Crippen LogP contribution in [0, 0.1) is 11.7 Å². The van der Waals surface area contributed by atoms with Crippen molar-refractivity contribution in [3.05, 3.63) is 23.5 Å². The van der Waals surface area contributed by atoms with Crippen LogP contribution in [0.1, 0.15) is 30.6 Å². The van der Waals surface area contributed by atoms with Crippen LogP contribution in [0.2, 0.25) is 0 Å². The number of rotatable bonds is 2. The van der Waals surface area contributed by atoms with Crippen molar-refractivity contribution in [2.24, 2.45) is 5.92 Å². The Hall–Kier alpha value is -1.78. The highest BCUT2D eigenvalue weighted by Crippen LogP contribution is 2.34. The van der Waals surface area contributed by atoms with Crippen molar-refractivity contribution in [3.63, 3.8) is 0 Å². The molecular weight excluding hydrogens is 235 g/mol. The molecule has 0 aromatic heterocycles. The number of anilines is 2. The van der Waals surface area contributed by atoms with Crippen LogP contribution in [0.5, 0.6) is 0 Å². The first kappa shape index (κ1) is 12.7. The van der Waals surface area contributed by atoms with E-state index in [1.54, 1.807) is 0 Å². The lowest BCUT2D eigenvalue weighted by molar-refractivity contribution is 0.0692. The quantitative estimate of drug-likeness (QED) is 0.793. The molecular formula is C13H17FN2O2. The fourth-order valence-corrected chi connectivity index (χ4v) is 2.63. The molecule has 1 fully saturated rings. The number of hydrogen-bond acceptors (Lipinski definition) is 3. The third-order valence-electron chi connectivity index (χ3n) is 3.44. The first-order valence-electron chi connectivity index (χ1n) is 5.99. The third kappa shape index (κ3) is 2.12. The number of carbonyl (C=O) groups is 1. The zero-order valence-electron chi connectivity index (χ0n) is 10.5. The minimum atomic E-state index is -1.30. The predicted molar refractivity (Wildman–Crippen MR) is 68.4 cm³/mol. The van der Waals surface area contributed by atoms with Crippen LogP contribution >= 0.6 is 0 Å². The molecule has 2 unspecified atom stereocenters. The summed E-state index contributed by atoms with van der Waals surface area (Å²) in [6.07, 6.45) is 1.03. The van der Waals surface area contributed by atoms with E-state index in [1.807, 2.05) is 4.90 Å². The molecule has 5 heteroatoms. The van der Waals surface area contributed by atoms with Crippen LogP contribution < -0.4 is 10.6 Å².